The number of nitrogens with zero attached hydrogens (tertiary/aromatic N) is 2. The first-order valence-corrected chi connectivity index (χ1v) is 8.06. The molecule has 114 valence electrons. The molecule has 0 saturated heterocycles. The Morgan fingerprint density at radius 1 is 1.23 bits per heavy atom. The predicted molar refractivity (Wildman–Crippen MR) is 88.3 cm³/mol. The fraction of sp³-hybridized carbons (Fsp3) is 0.235. The van der Waals surface area contributed by atoms with Crippen LogP contribution in [-0.2, 0) is 20.0 Å². The lowest BCUT2D eigenvalue weighted by Gasteiger charge is -2.04. The van der Waals surface area contributed by atoms with Crippen LogP contribution < -0.4 is 5.32 Å². The Hall–Kier alpha value is -1.98. The molecular formula is C17H18FN3S. The highest BCUT2D eigenvalue weighted by atomic mass is 32.1. The van der Waals surface area contributed by atoms with Crippen molar-refractivity contribution in [2.24, 2.45) is 7.05 Å². The minimum absolute atomic E-state index is 0.135. The molecule has 2 aromatic heterocycles. The van der Waals surface area contributed by atoms with E-state index in [1.807, 2.05) is 37.6 Å². The van der Waals surface area contributed by atoms with Gasteiger partial charge in [-0.15, -0.1) is 11.3 Å². The minimum atomic E-state index is -0.135. The summed E-state index contributed by atoms with van der Waals surface area (Å²) in [7, 11) is 2.03. The number of aryl methyl sites for hydroxylation is 1. The molecule has 3 nitrogen and oxygen atoms in total. The number of benzene rings is 1. The monoisotopic (exact) mass is 315 g/mol. The Labute approximate surface area is 133 Å². The molecular weight excluding hydrogens is 297 g/mol. The molecule has 0 fully saturated rings. The number of hydrogen-bond acceptors (Lipinski definition) is 3. The maximum atomic E-state index is 13.5. The van der Waals surface area contributed by atoms with Gasteiger partial charge < -0.3 is 9.88 Å². The molecule has 0 radical (unpaired) electrons. The maximum Gasteiger partial charge on any atom is 0.126 e. The van der Waals surface area contributed by atoms with Gasteiger partial charge in [-0.1, -0.05) is 18.2 Å². The van der Waals surface area contributed by atoms with Crippen molar-refractivity contribution in [3.05, 3.63) is 65.2 Å². The van der Waals surface area contributed by atoms with E-state index in [1.165, 1.54) is 16.6 Å². The van der Waals surface area contributed by atoms with Gasteiger partial charge in [-0.3, -0.25) is 0 Å². The summed E-state index contributed by atoms with van der Waals surface area (Å²) in [6, 6.07) is 11.0. The third-order valence-electron chi connectivity index (χ3n) is 3.55. The Kier molecular flexibility index (Phi) is 4.65. The Morgan fingerprint density at radius 2 is 2.09 bits per heavy atom. The second kappa shape index (κ2) is 6.85. The lowest BCUT2D eigenvalue weighted by atomic mass is 10.1. The molecule has 0 aliphatic carbocycles. The van der Waals surface area contributed by atoms with Crippen LogP contribution in [-0.4, -0.2) is 16.1 Å². The van der Waals surface area contributed by atoms with Crippen molar-refractivity contribution < 1.29 is 4.39 Å². The van der Waals surface area contributed by atoms with Crippen molar-refractivity contribution in [2.75, 3.05) is 6.54 Å². The van der Waals surface area contributed by atoms with Crippen LogP contribution in [0.4, 0.5) is 4.39 Å². The summed E-state index contributed by atoms with van der Waals surface area (Å²) in [6.45, 7) is 1.45. The Balaban J connectivity index is 1.52. The molecule has 0 atom stereocenters. The van der Waals surface area contributed by atoms with Gasteiger partial charge in [0.1, 0.15) is 10.8 Å². The number of hydrogen-bond donors (Lipinski definition) is 1. The van der Waals surface area contributed by atoms with Gasteiger partial charge >= 0.3 is 0 Å². The van der Waals surface area contributed by atoms with E-state index < -0.39 is 0 Å². The molecule has 0 aliphatic rings. The van der Waals surface area contributed by atoms with Crippen molar-refractivity contribution in [1.82, 2.24) is 14.9 Å². The summed E-state index contributed by atoms with van der Waals surface area (Å²) in [5, 5.41) is 4.37. The molecule has 2 heterocycles. The van der Waals surface area contributed by atoms with Crippen LogP contribution in [0.2, 0.25) is 0 Å². The Bertz CT molecular complexity index is 748. The van der Waals surface area contributed by atoms with E-state index >= 15 is 0 Å². The molecule has 0 bridgehead atoms. The summed E-state index contributed by atoms with van der Waals surface area (Å²) in [4.78, 5) is 5.61. The molecule has 1 N–H and O–H groups in total. The van der Waals surface area contributed by atoms with Crippen LogP contribution in [0.5, 0.6) is 0 Å². The van der Waals surface area contributed by atoms with E-state index in [0.29, 0.717) is 13.0 Å². The molecule has 3 rings (SSSR count). The van der Waals surface area contributed by atoms with Crippen LogP contribution in [0, 0.1) is 5.82 Å². The minimum Gasteiger partial charge on any atom is -0.350 e. The first kappa shape index (κ1) is 14.9. The standard InChI is InChI=1S/C17H18FN3S/c1-21-10-4-7-15(21)16-11-20-17(22-16)12-19-9-8-13-5-2-3-6-14(13)18/h2-7,10-11,19H,8-9,12H2,1H3. The van der Waals surface area contributed by atoms with Crippen molar-refractivity contribution in [1.29, 1.82) is 0 Å². The number of thiazole rings is 1. The second-order valence-corrected chi connectivity index (χ2v) is 6.26. The van der Waals surface area contributed by atoms with Crippen molar-refractivity contribution in [2.45, 2.75) is 13.0 Å². The van der Waals surface area contributed by atoms with Crippen molar-refractivity contribution >= 4 is 11.3 Å². The molecule has 3 aromatic rings. The third-order valence-corrected chi connectivity index (χ3v) is 4.57. The van der Waals surface area contributed by atoms with Crippen LogP contribution in [0.1, 0.15) is 10.6 Å². The highest BCUT2D eigenvalue weighted by molar-refractivity contribution is 7.15. The lowest BCUT2D eigenvalue weighted by Crippen LogP contribution is -2.16. The zero-order valence-corrected chi connectivity index (χ0v) is 13.2. The maximum absolute atomic E-state index is 13.5. The van der Waals surface area contributed by atoms with Gasteiger partial charge in [0, 0.05) is 26.0 Å². The first-order valence-electron chi connectivity index (χ1n) is 7.24. The van der Waals surface area contributed by atoms with Crippen LogP contribution in [0.3, 0.4) is 0 Å². The normalized spacial score (nSPS) is 11.0. The van der Waals surface area contributed by atoms with Gasteiger partial charge in [0.15, 0.2) is 0 Å². The zero-order chi connectivity index (χ0) is 15.4. The van der Waals surface area contributed by atoms with Gasteiger partial charge in [-0.2, -0.15) is 0 Å². The van der Waals surface area contributed by atoms with Gasteiger partial charge in [0.25, 0.3) is 0 Å². The molecule has 0 unspecified atom stereocenters. The fourth-order valence-corrected chi connectivity index (χ4v) is 3.30. The molecule has 1 aromatic carbocycles. The van der Waals surface area contributed by atoms with Crippen molar-refractivity contribution in [3.63, 3.8) is 0 Å². The quantitative estimate of drug-likeness (QED) is 0.704. The highest BCUT2D eigenvalue weighted by Gasteiger charge is 2.07. The highest BCUT2D eigenvalue weighted by Crippen LogP contribution is 2.25. The fourth-order valence-electron chi connectivity index (χ4n) is 2.35. The topological polar surface area (TPSA) is 29.9 Å². The summed E-state index contributed by atoms with van der Waals surface area (Å²) in [6.07, 6.45) is 4.62. The summed E-state index contributed by atoms with van der Waals surface area (Å²) in [5.41, 5.74) is 1.92. The number of nitrogens with one attached hydrogen (secondary N) is 1. The molecule has 22 heavy (non-hydrogen) atoms. The van der Waals surface area contributed by atoms with Crippen LogP contribution in [0.25, 0.3) is 10.6 Å². The van der Waals surface area contributed by atoms with Gasteiger partial charge in [0.2, 0.25) is 0 Å². The van der Waals surface area contributed by atoms with Gasteiger partial charge in [-0.25, -0.2) is 9.37 Å². The third kappa shape index (κ3) is 3.43. The summed E-state index contributed by atoms with van der Waals surface area (Å²) < 4.78 is 15.6. The van der Waals surface area contributed by atoms with E-state index in [4.69, 9.17) is 0 Å². The SMILES string of the molecule is Cn1cccc1-c1cnc(CNCCc2ccccc2F)s1. The smallest absolute Gasteiger partial charge is 0.126 e. The van der Waals surface area contributed by atoms with E-state index in [0.717, 1.165) is 17.1 Å². The van der Waals surface area contributed by atoms with E-state index in [1.54, 1.807) is 17.4 Å². The zero-order valence-electron chi connectivity index (χ0n) is 12.4. The predicted octanol–water partition coefficient (Wildman–Crippen LogP) is 3.62. The number of aromatic nitrogens is 2. The molecule has 0 saturated carbocycles. The molecule has 0 spiro atoms. The Morgan fingerprint density at radius 3 is 2.86 bits per heavy atom. The van der Waals surface area contributed by atoms with Crippen molar-refractivity contribution in [3.8, 4) is 10.6 Å². The number of halogens is 1. The average Bonchev–Trinajstić information content (AvgIpc) is 3.14. The summed E-state index contributed by atoms with van der Waals surface area (Å²) in [5.74, 6) is -0.135. The molecule has 0 amide bonds. The average molecular weight is 315 g/mol. The number of rotatable bonds is 6. The van der Waals surface area contributed by atoms with Gasteiger partial charge in [0.05, 0.1) is 10.6 Å². The largest absolute Gasteiger partial charge is 0.350 e. The first-order chi connectivity index (χ1) is 10.7. The van der Waals surface area contributed by atoms with Crippen LogP contribution in [0.15, 0.2) is 48.8 Å². The van der Waals surface area contributed by atoms with E-state index in [9.17, 15) is 4.39 Å². The molecule has 0 aliphatic heterocycles. The summed E-state index contributed by atoms with van der Waals surface area (Å²) >= 11 is 1.69. The van der Waals surface area contributed by atoms with Gasteiger partial charge in [-0.05, 0) is 36.7 Å². The van der Waals surface area contributed by atoms with E-state index in [2.05, 4.69) is 20.9 Å². The lowest BCUT2D eigenvalue weighted by molar-refractivity contribution is 0.597. The van der Waals surface area contributed by atoms with Crippen LogP contribution >= 0.6 is 11.3 Å². The van der Waals surface area contributed by atoms with E-state index in [-0.39, 0.29) is 5.82 Å². The molecule has 5 heteroatoms. The second-order valence-electron chi connectivity index (χ2n) is 5.14.